The molecule has 0 radical (unpaired) electrons. The summed E-state index contributed by atoms with van der Waals surface area (Å²) in [6.07, 6.45) is 0.837. The third-order valence-electron chi connectivity index (χ3n) is 1.67. The van der Waals surface area contributed by atoms with Gasteiger partial charge in [0.25, 0.3) is 0 Å². The lowest BCUT2D eigenvalue weighted by atomic mass is 10.2. The molecule has 0 aromatic carbocycles. The Morgan fingerprint density at radius 1 is 1.09 bits per heavy atom. The second-order valence-electron chi connectivity index (χ2n) is 4.66. The summed E-state index contributed by atoms with van der Waals surface area (Å²) >= 11 is 0. The average molecular weight is 321 g/mol. The van der Waals surface area contributed by atoms with Gasteiger partial charge in [0.05, 0.1) is 12.1 Å². The van der Waals surface area contributed by atoms with Crippen molar-refractivity contribution in [3.63, 3.8) is 0 Å². The molecule has 0 bridgehead atoms. The number of carboxylic acids is 1. The lowest BCUT2D eigenvalue weighted by molar-refractivity contribution is -0.136. The van der Waals surface area contributed by atoms with E-state index in [2.05, 4.69) is 10.6 Å². The molecule has 22 heavy (non-hydrogen) atoms. The van der Waals surface area contributed by atoms with E-state index < -0.39 is 5.97 Å². The fourth-order valence-electron chi connectivity index (χ4n) is 0.523. The maximum atomic E-state index is 10.5. The third-order valence-corrected chi connectivity index (χ3v) is 1.67. The summed E-state index contributed by atoms with van der Waals surface area (Å²) in [6.45, 7) is 8.24. The number of ether oxygens (including phenoxy) is 1. The van der Waals surface area contributed by atoms with Gasteiger partial charge < -0.3 is 25.8 Å². The minimum Gasteiger partial charge on any atom is -0.480 e. The Balaban J connectivity index is -0.000000252. The van der Waals surface area contributed by atoms with Crippen LogP contribution in [0, 0.1) is 0 Å². The predicted octanol–water partition coefficient (Wildman–Crippen LogP) is -0.883. The molecule has 0 saturated carbocycles. The quantitative estimate of drug-likeness (QED) is 0.450. The van der Waals surface area contributed by atoms with Crippen LogP contribution in [0.25, 0.3) is 0 Å². The second kappa shape index (κ2) is 16.9. The molecule has 0 heterocycles. The van der Waals surface area contributed by atoms with Crippen LogP contribution in [-0.2, 0) is 23.9 Å². The van der Waals surface area contributed by atoms with Crippen molar-refractivity contribution in [2.24, 2.45) is 0 Å². The van der Waals surface area contributed by atoms with Crippen molar-refractivity contribution in [1.82, 2.24) is 16.0 Å². The Morgan fingerprint density at radius 2 is 1.50 bits per heavy atom. The molecule has 3 amide bonds. The molecule has 4 N–H and O–H groups in total. The molecule has 0 aliphatic carbocycles. The number of carbonyl (C=O) groups excluding carboxylic acids is 3. The van der Waals surface area contributed by atoms with Crippen molar-refractivity contribution in [1.29, 1.82) is 0 Å². The van der Waals surface area contributed by atoms with E-state index in [0.29, 0.717) is 19.4 Å². The topological polar surface area (TPSA) is 134 Å². The molecular formula is C13H27N3O6. The SMILES string of the molecule is CCNC(=O)CNC=O.COC(C)(C)C.O=CNCC(=O)O. The van der Waals surface area contributed by atoms with Crippen LogP contribution in [0.3, 0.4) is 0 Å². The van der Waals surface area contributed by atoms with Gasteiger partial charge in [-0.15, -0.1) is 0 Å². The van der Waals surface area contributed by atoms with Gasteiger partial charge in [-0.2, -0.15) is 0 Å². The molecule has 0 atom stereocenters. The highest BCUT2D eigenvalue weighted by atomic mass is 16.5. The highest BCUT2D eigenvalue weighted by Gasteiger charge is 2.04. The van der Waals surface area contributed by atoms with Gasteiger partial charge >= 0.3 is 5.97 Å². The average Bonchev–Trinajstić information content (AvgIpc) is 2.43. The molecule has 9 heteroatoms. The van der Waals surface area contributed by atoms with Gasteiger partial charge in [0.1, 0.15) is 6.54 Å². The molecule has 0 rings (SSSR count). The first-order chi connectivity index (χ1) is 10.1. The molecule has 0 aromatic rings. The number of hydrogen-bond acceptors (Lipinski definition) is 5. The van der Waals surface area contributed by atoms with Crippen LogP contribution in [0.4, 0.5) is 0 Å². The van der Waals surface area contributed by atoms with Crippen molar-refractivity contribution < 1.29 is 29.0 Å². The summed E-state index contributed by atoms with van der Waals surface area (Å²) in [5.74, 6) is -1.20. The van der Waals surface area contributed by atoms with E-state index in [4.69, 9.17) is 9.84 Å². The minimum atomic E-state index is -1.04. The van der Waals surface area contributed by atoms with Gasteiger partial charge in [-0.05, 0) is 27.7 Å². The van der Waals surface area contributed by atoms with Crippen molar-refractivity contribution in [2.75, 3.05) is 26.7 Å². The molecule has 0 unspecified atom stereocenters. The van der Waals surface area contributed by atoms with E-state index in [1.807, 2.05) is 33.0 Å². The van der Waals surface area contributed by atoms with Gasteiger partial charge in [0, 0.05) is 13.7 Å². The number of amides is 3. The number of aliphatic carboxylic acids is 1. The smallest absolute Gasteiger partial charge is 0.322 e. The number of hydrogen-bond donors (Lipinski definition) is 4. The van der Waals surface area contributed by atoms with E-state index in [1.165, 1.54) is 0 Å². The van der Waals surface area contributed by atoms with Gasteiger partial charge in [-0.3, -0.25) is 19.2 Å². The van der Waals surface area contributed by atoms with Crippen molar-refractivity contribution in [2.45, 2.75) is 33.3 Å². The van der Waals surface area contributed by atoms with Gasteiger partial charge in [-0.25, -0.2) is 0 Å². The standard InChI is InChI=1S/C5H10N2O2.C5H12O.C3H5NO3/c1-2-7-5(9)3-6-4-8;1-5(2,3)6-4;5-2-4-1-3(6)7/h4H,2-3H2,1H3,(H,6,8)(H,7,9);1-4H3;2H,1H2,(H,4,5)(H,6,7). The molecule has 0 spiro atoms. The van der Waals surface area contributed by atoms with Crippen LogP contribution < -0.4 is 16.0 Å². The molecule has 130 valence electrons. The van der Waals surface area contributed by atoms with Crippen LogP contribution in [0.1, 0.15) is 27.7 Å². The number of carboxylic acid groups (broad SMARTS) is 1. The van der Waals surface area contributed by atoms with E-state index >= 15 is 0 Å². The monoisotopic (exact) mass is 321 g/mol. The van der Waals surface area contributed by atoms with Crippen LogP contribution in [-0.4, -0.2) is 62.1 Å². The predicted molar refractivity (Wildman–Crippen MR) is 81.2 cm³/mol. The Labute approximate surface area is 130 Å². The molecule has 0 aromatic heterocycles. The molecule has 0 saturated heterocycles. The summed E-state index contributed by atoms with van der Waals surface area (Å²) in [5, 5.41) is 14.6. The lowest BCUT2D eigenvalue weighted by Crippen LogP contribution is -2.32. The first-order valence-corrected chi connectivity index (χ1v) is 6.52. The van der Waals surface area contributed by atoms with Gasteiger partial charge in [0.15, 0.2) is 0 Å². The molecule has 9 nitrogen and oxygen atoms in total. The second-order valence-corrected chi connectivity index (χ2v) is 4.66. The molecule has 0 aliphatic heterocycles. The third kappa shape index (κ3) is 36.1. The van der Waals surface area contributed by atoms with Crippen LogP contribution in [0.2, 0.25) is 0 Å². The summed E-state index contributed by atoms with van der Waals surface area (Å²) < 4.78 is 4.94. The Morgan fingerprint density at radius 3 is 1.73 bits per heavy atom. The summed E-state index contributed by atoms with van der Waals surface area (Å²) in [5.41, 5.74) is 0.0417. The number of rotatable bonds is 7. The Hall–Kier alpha value is -2.16. The lowest BCUT2D eigenvalue weighted by Gasteiger charge is -2.14. The van der Waals surface area contributed by atoms with Crippen molar-refractivity contribution in [3.8, 4) is 0 Å². The van der Waals surface area contributed by atoms with E-state index in [9.17, 15) is 19.2 Å². The Bertz CT molecular complexity index is 315. The highest BCUT2D eigenvalue weighted by Crippen LogP contribution is 2.02. The molecule has 0 aliphatic rings. The van der Waals surface area contributed by atoms with E-state index in [-0.39, 0.29) is 24.6 Å². The molecular weight excluding hydrogens is 294 g/mol. The van der Waals surface area contributed by atoms with E-state index in [1.54, 1.807) is 7.11 Å². The van der Waals surface area contributed by atoms with Crippen molar-refractivity contribution in [3.05, 3.63) is 0 Å². The Kier molecular flexibility index (Phi) is 19.1. The highest BCUT2D eigenvalue weighted by molar-refractivity contribution is 5.79. The summed E-state index contributed by atoms with van der Waals surface area (Å²) in [6, 6.07) is 0. The fourth-order valence-corrected chi connectivity index (χ4v) is 0.523. The van der Waals surface area contributed by atoms with Crippen LogP contribution in [0.15, 0.2) is 0 Å². The number of carbonyl (C=O) groups is 4. The maximum Gasteiger partial charge on any atom is 0.322 e. The number of nitrogens with one attached hydrogen (secondary N) is 3. The minimum absolute atomic E-state index is 0.0417. The van der Waals surface area contributed by atoms with Gasteiger partial charge in [0.2, 0.25) is 18.7 Å². The van der Waals surface area contributed by atoms with Gasteiger partial charge in [-0.1, -0.05) is 0 Å². The fraction of sp³-hybridized carbons (Fsp3) is 0.692. The number of methoxy groups -OCH3 is 1. The summed E-state index contributed by atoms with van der Waals surface area (Å²) in [7, 11) is 1.71. The first kappa shape index (κ1) is 24.8. The largest absolute Gasteiger partial charge is 0.480 e. The number of likely N-dealkylation sites (N-methyl/N-ethyl adjacent to an activating group) is 1. The maximum absolute atomic E-state index is 10.5. The van der Waals surface area contributed by atoms with E-state index in [0.717, 1.165) is 0 Å². The zero-order valence-electron chi connectivity index (χ0n) is 13.8. The van der Waals surface area contributed by atoms with Crippen LogP contribution >= 0.6 is 0 Å². The zero-order chi connectivity index (χ0) is 18.0. The van der Waals surface area contributed by atoms with Crippen LogP contribution in [0.5, 0.6) is 0 Å². The normalized spacial score (nSPS) is 8.95. The molecule has 0 fully saturated rings. The summed E-state index contributed by atoms with van der Waals surface area (Å²) in [4.78, 5) is 39.0. The first-order valence-electron chi connectivity index (χ1n) is 6.52. The van der Waals surface area contributed by atoms with Crippen molar-refractivity contribution >= 4 is 24.7 Å². The zero-order valence-corrected chi connectivity index (χ0v) is 13.8.